The molecule has 0 N–H and O–H groups in total. The van der Waals surface area contributed by atoms with Crippen molar-refractivity contribution < 1.29 is 0 Å². The average molecular weight is 270 g/mol. The van der Waals surface area contributed by atoms with E-state index < -0.39 is 0 Å². The molecule has 0 aliphatic carbocycles. The Labute approximate surface area is 94.4 Å². The van der Waals surface area contributed by atoms with Crippen molar-refractivity contribution in [3.63, 3.8) is 0 Å². The maximum atomic E-state index is 4.04. The molecule has 2 aromatic heterocycles. The van der Waals surface area contributed by atoms with Gasteiger partial charge in [-0.15, -0.1) is 10.2 Å². The molecule has 0 saturated carbocycles. The van der Waals surface area contributed by atoms with Crippen LogP contribution in [-0.2, 0) is 12.8 Å². The van der Waals surface area contributed by atoms with Gasteiger partial charge in [0.15, 0.2) is 3.92 Å². The van der Waals surface area contributed by atoms with Gasteiger partial charge in [-0.3, -0.25) is 4.98 Å². The van der Waals surface area contributed by atoms with Gasteiger partial charge in [-0.25, -0.2) is 0 Å². The number of hydrogen-bond acceptors (Lipinski definition) is 4. The lowest BCUT2D eigenvalue weighted by atomic mass is 10.1. The van der Waals surface area contributed by atoms with Gasteiger partial charge in [0, 0.05) is 18.8 Å². The predicted octanol–water partition coefficient (Wildman–Crippen LogP) is 2.48. The maximum Gasteiger partial charge on any atom is 0.183 e. The SMILES string of the molecule is Brc1nnc(CCc2ccncc2)s1. The van der Waals surface area contributed by atoms with Gasteiger partial charge in [0.05, 0.1) is 0 Å². The van der Waals surface area contributed by atoms with Crippen molar-refractivity contribution in [1.82, 2.24) is 15.2 Å². The van der Waals surface area contributed by atoms with Crippen LogP contribution >= 0.6 is 27.3 Å². The highest BCUT2D eigenvalue weighted by Gasteiger charge is 2.01. The number of hydrogen-bond donors (Lipinski definition) is 0. The topological polar surface area (TPSA) is 38.7 Å². The third-order valence-electron chi connectivity index (χ3n) is 1.82. The van der Waals surface area contributed by atoms with E-state index in [1.165, 1.54) is 5.56 Å². The Kier molecular flexibility index (Phi) is 3.21. The monoisotopic (exact) mass is 269 g/mol. The number of halogens is 1. The van der Waals surface area contributed by atoms with Gasteiger partial charge in [-0.2, -0.15) is 0 Å². The summed E-state index contributed by atoms with van der Waals surface area (Å²) in [7, 11) is 0. The van der Waals surface area contributed by atoms with E-state index >= 15 is 0 Å². The molecule has 2 aromatic rings. The third-order valence-corrected chi connectivity index (χ3v) is 3.23. The van der Waals surface area contributed by atoms with Crippen LogP contribution in [0.15, 0.2) is 28.4 Å². The quantitative estimate of drug-likeness (QED) is 0.860. The lowest BCUT2D eigenvalue weighted by Gasteiger charge is -1.96. The van der Waals surface area contributed by atoms with Gasteiger partial charge in [0.25, 0.3) is 0 Å². The van der Waals surface area contributed by atoms with E-state index in [2.05, 4.69) is 31.1 Å². The fraction of sp³-hybridized carbons (Fsp3) is 0.222. The van der Waals surface area contributed by atoms with Gasteiger partial charge >= 0.3 is 0 Å². The molecule has 2 rings (SSSR count). The van der Waals surface area contributed by atoms with Crippen LogP contribution in [0.4, 0.5) is 0 Å². The Balaban J connectivity index is 1.95. The first-order chi connectivity index (χ1) is 6.84. The van der Waals surface area contributed by atoms with E-state index in [1.54, 1.807) is 11.3 Å². The molecule has 0 aliphatic rings. The van der Waals surface area contributed by atoms with E-state index in [0.29, 0.717) is 0 Å². The summed E-state index contributed by atoms with van der Waals surface area (Å²) in [5.41, 5.74) is 1.28. The standard InChI is InChI=1S/C9H8BrN3S/c10-9-13-12-8(14-9)2-1-7-3-5-11-6-4-7/h3-6H,1-2H2. The van der Waals surface area contributed by atoms with Crippen molar-refractivity contribution >= 4 is 27.3 Å². The number of rotatable bonds is 3. The lowest BCUT2D eigenvalue weighted by Crippen LogP contribution is -1.90. The summed E-state index contributed by atoms with van der Waals surface area (Å²) in [5.74, 6) is 0. The van der Waals surface area contributed by atoms with Crippen LogP contribution in [0.2, 0.25) is 0 Å². The van der Waals surface area contributed by atoms with Gasteiger partial charge in [0.1, 0.15) is 5.01 Å². The fourth-order valence-electron chi connectivity index (χ4n) is 1.13. The summed E-state index contributed by atoms with van der Waals surface area (Å²) in [6, 6.07) is 4.05. The van der Waals surface area contributed by atoms with E-state index in [4.69, 9.17) is 0 Å². The third kappa shape index (κ3) is 2.59. The molecule has 0 spiro atoms. The summed E-state index contributed by atoms with van der Waals surface area (Å²) in [4.78, 5) is 3.97. The molecule has 72 valence electrons. The molecule has 0 fully saturated rings. The van der Waals surface area contributed by atoms with Gasteiger partial charge in [-0.05, 0) is 40.0 Å². The zero-order valence-electron chi connectivity index (χ0n) is 7.35. The van der Waals surface area contributed by atoms with E-state index in [9.17, 15) is 0 Å². The van der Waals surface area contributed by atoms with E-state index in [0.717, 1.165) is 21.8 Å². The van der Waals surface area contributed by atoms with Crippen molar-refractivity contribution in [3.8, 4) is 0 Å². The normalized spacial score (nSPS) is 10.4. The molecule has 0 unspecified atom stereocenters. The first-order valence-electron chi connectivity index (χ1n) is 4.21. The Bertz CT molecular complexity index is 401. The molecule has 0 atom stereocenters. The van der Waals surface area contributed by atoms with Crippen molar-refractivity contribution in [1.29, 1.82) is 0 Å². The molecular weight excluding hydrogens is 262 g/mol. The minimum absolute atomic E-state index is 0.849. The summed E-state index contributed by atoms with van der Waals surface area (Å²) in [6.45, 7) is 0. The number of aryl methyl sites for hydroxylation is 2. The predicted molar refractivity (Wildman–Crippen MR) is 59.3 cm³/mol. The van der Waals surface area contributed by atoms with Crippen molar-refractivity contribution in [2.24, 2.45) is 0 Å². The molecule has 0 aromatic carbocycles. The second kappa shape index (κ2) is 4.61. The second-order valence-corrected chi connectivity index (χ2v) is 5.14. The van der Waals surface area contributed by atoms with Crippen molar-refractivity contribution in [2.45, 2.75) is 12.8 Å². The van der Waals surface area contributed by atoms with E-state index in [-0.39, 0.29) is 0 Å². The number of pyridine rings is 1. The largest absolute Gasteiger partial charge is 0.265 e. The molecular formula is C9H8BrN3S. The summed E-state index contributed by atoms with van der Waals surface area (Å²) in [5, 5.41) is 9.00. The molecule has 3 nitrogen and oxygen atoms in total. The first kappa shape index (κ1) is 9.73. The highest BCUT2D eigenvalue weighted by Crippen LogP contribution is 2.17. The van der Waals surface area contributed by atoms with Crippen molar-refractivity contribution in [2.75, 3.05) is 0 Å². The van der Waals surface area contributed by atoms with Crippen LogP contribution in [0.1, 0.15) is 10.6 Å². The maximum absolute atomic E-state index is 4.04. The highest BCUT2D eigenvalue weighted by molar-refractivity contribution is 9.11. The smallest absolute Gasteiger partial charge is 0.183 e. The zero-order chi connectivity index (χ0) is 9.80. The molecule has 0 amide bonds. The van der Waals surface area contributed by atoms with Crippen LogP contribution in [-0.4, -0.2) is 15.2 Å². The van der Waals surface area contributed by atoms with Crippen LogP contribution in [0.5, 0.6) is 0 Å². The van der Waals surface area contributed by atoms with Crippen molar-refractivity contribution in [3.05, 3.63) is 39.0 Å². The molecule has 2 heterocycles. The number of nitrogens with zero attached hydrogens (tertiary/aromatic N) is 3. The molecule has 5 heteroatoms. The van der Waals surface area contributed by atoms with Crippen LogP contribution in [0, 0.1) is 0 Å². The Hall–Kier alpha value is -0.810. The van der Waals surface area contributed by atoms with Gasteiger partial charge in [0.2, 0.25) is 0 Å². The minimum Gasteiger partial charge on any atom is -0.265 e. The van der Waals surface area contributed by atoms with E-state index in [1.807, 2.05) is 24.5 Å². The summed E-state index contributed by atoms with van der Waals surface area (Å²) < 4.78 is 0.849. The Morgan fingerprint density at radius 2 is 1.93 bits per heavy atom. The average Bonchev–Trinajstić information content (AvgIpc) is 2.63. The zero-order valence-corrected chi connectivity index (χ0v) is 9.75. The molecule has 0 saturated heterocycles. The second-order valence-electron chi connectivity index (χ2n) is 2.80. The molecule has 0 radical (unpaired) electrons. The molecule has 0 aliphatic heterocycles. The fourth-order valence-corrected chi connectivity index (χ4v) is 2.34. The molecule has 0 bridgehead atoms. The Morgan fingerprint density at radius 3 is 2.57 bits per heavy atom. The Morgan fingerprint density at radius 1 is 1.14 bits per heavy atom. The minimum atomic E-state index is 0.849. The lowest BCUT2D eigenvalue weighted by molar-refractivity contribution is 0.899. The number of aromatic nitrogens is 3. The highest BCUT2D eigenvalue weighted by atomic mass is 79.9. The first-order valence-corrected chi connectivity index (χ1v) is 5.82. The van der Waals surface area contributed by atoms with Gasteiger partial charge < -0.3 is 0 Å². The summed E-state index contributed by atoms with van der Waals surface area (Å²) in [6.07, 6.45) is 5.55. The van der Waals surface area contributed by atoms with Crippen LogP contribution < -0.4 is 0 Å². The van der Waals surface area contributed by atoms with Crippen LogP contribution in [0.25, 0.3) is 0 Å². The van der Waals surface area contributed by atoms with Gasteiger partial charge in [-0.1, -0.05) is 11.3 Å². The summed E-state index contributed by atoms with van der Waals surface area (Å²) >= 11 is 4.88. The van der Waals surface area contributed by atoms with Crippen LogP contribution in [0.3, 0.4) is 0 Å². The molecule has 14 heavy (non-hydrogen) atoms.